The number of nitrogens with two attached hydrogens (primary N) is 1. The molecule has 17 heavy (non-hydrogen) atoms. The van der Waals surface area contributed by atoms with Crippen LogP contribution in [-0.4, -0.2) is 12.0 Å². The van der Waals surface area contributed by atoms with Crippen LogP contribution in [0.4, 0.5) is 21.6 Å². The topological polar surface area (TPSA) is 42.1 Å². The SMILES string of the molecule is Cc1cc(N)cnc1N(C)c1cccc(F)c1. The van der Waals surface area contributed by atoms with E-state index in [1.54, 1.807) is 12.3 Å². The third-order valence-electron chi connectivity index (χ3n) is 2.58. The largest absolute Gasteiger partial charge is 0.397 e. The van der Waals surface area contributed by atoms with Gasteiger partial charge in [-0.05, 0) is 36.8 Å². The van der Waals surface area contributed by atoms with Crippen LogP contribution in [0.3, 0.4) is 0 Å². The highest BCUT2D eigenvalue weighted by Gasteiger charge is 2.09. The number of pyridine rings is 1. The average Bonchev–Trinajstić information content (AvgIpc) is 2.28. The molecule has 0 radical (unpaired) electrons. The van der Waals surface area contributed by atoms with Crippen molar-refractivity contribution >= 4 is 17.2 Å². The Hall–Kier alpha value is -2.10. The van der Waals surface area contributed by atoms with E-state index in [1.165, 1.54) is 12.1 Å². The van der Waals surface area contributed by atoms with Gasteiger partial charge in [0.25, 0.3) is 0 Å². The van der Waals surface area contributed by atoms with Gasteiger partial charge in [0.1, 0.15) is 11.6 Å². The quantitative estimate of drug-likeness (QED) is 0.864. The zero-order valence-electron chi connectivity index (χ0n) is 9.81. The second-order valence-corrected chi connectivity index (χ2v) is 3.95. The lowest BCUT2D eigenvalue weighted by Crippen LogP contribution is -2.13. The molecule has 1 aromatic carbocycles. The lowest BCUT2D eigenvalue weighted by Gasteiger charge is -2.20. The van der Waals surface area contributed by atoms with Crippen LogP contribution in [0.1, 0.15) is 5.56 Å². The Labute approximate surface area is 99.7 Å². The Morgan fingerprint density at radius 2 is 2.06 bits per heavy atom. The highest BCUT2D eigenvalue weighted by molar-refractivity contribution is 5.63. The van der Waals surface area contributed by atoms with E-state index in [2.05, 4.69) is 4.98 Å². The molecule has 0 aliphatic rings. The molecule has 0 atom stereocenters. The zero-order chi connectivity index (χ0) is 12.4. The molecular weight excluding hydrogens is 217 g/mol. The number of benzene rings is 1. The number of hydrogen-bond acceptors (Lipinski definition) is 3. The summed E-state index contributed by atoms with van der Waals surface area (Å²) in [7, 11) is 1.85. The lowest BCUT2D eigenvalue weighted by atomic mass is 10.2. The van der Waals surface area contributed by atoms with Gasteiger partial charge in [-0.3, -0.25) is 0 Å². The van der Waals surface area contributed by atoms with E-state index in [0.29, 0.717) is 5.69 Å². The van der Waals surface area contributed by atoms with Gasteiger partial charge < -0.3 is 10.6 Å². The summed E-state index contributed by atoms with van der Waals surface area (Å²) < 4.78 is 13.1. The van der Waals surface area contributed by atoms with Crippen molar-refractivity contribution in [2.75, 3.05) is 17.7 Å². The van der Waals surface area contributed by atoms with Gasteiger partial charge in [-0.1, -0.05) is 6.07 Å². The first-order valence-electron chi connectivity index (χ1n) is 5.29. The number of rotatable bonds is 2. The summed E-state index contributed by atoms with van der Waals surface area (Å²) in [4.78, 5) is 6.09. The van der Waals surface area contributed by atoms with Gasteiger partial charge in [-0.2, -0.15) is 0 Å². The van der Waals surface area contributed by atoms with Gasteiger partial charge in [-0.25, -0.2) is 9.37 Å². The molecule has 2 aromatic rings. The molecule has 0 amide bonds. The first kappa shape index (κ1) is 11.4. The third kappa shape index (κ3) is 2.36. The van der Waals surface area contributed by atoms with Crippen LogP contribution < -0.4 is 10.6 Å². The highest BCUT2D eigenvalue weighted by Crippen LogP contribution is 2.25. The van der Waals surface area contributed by atoms with Crippen LogP contribution in [0.25, 0.3) is 0 Å². The molecule has 0 saturated carbocycles. The smallest absolute Gasteiger partial charge is 0.135 e. The molecule has 0 spiro atoms. The van der Waals surface area contributed by atoms with E-state index in [-0.39, 0.29) is 5.82 Å². The Balaban J connectivity index is 2.40. The summed E-state index contributed by atoms with van der Waals surface area (Å²) in [6.45, 7) is 1.93. The van der Waals surface area contributed by atoms with Crippen LogP contribution in [0, 0.1) is 12.7 Å². The van der Waals surface area contributed by atoms with E-state index in [0.717, 1.165) is 17.1 Å². The minimum atomic E-state index is -0.262. The van der Waals surface area contributed by atoms with Crippen molar-refractivity contribution in [3.8, 4) is 0 Å². The highest BCUT2D eigenvalue weighted by atomic mass is 19.1. The van der Waals surface area contributed by atoms with E-state index in [9.17, 15) is 4.39 Å². The monoisotopic (exact) mass is 231 g/mol. The number of aryl methyl sites for hydroxylation is 1. The van der Waals surface area contributed by atoms with Crippen LogP contribution in [-0.2, 0) is 0 Å². The van der Waals surface area contributed by atoms with Crippen LogP contribution in [0.15, 0.2) is 36.5 Å². The summed E-state index contributed by atoms with van der Waals surface area (Å²) in [5.74, 6) is 0.507. The fourth-order valence-electron chi connectivity index (χ4n) is 1.75. The molecule has 0 unspecified atom stereocenters. The maximum absolute atomic E-state index is 13.1. The number of aromatic nitrogens is 1. The normalized spacial score (nSPS) is 10.3. The molecule has 0 saturated heterocycles. The van der Waals surface area contributed by atoms with Crippen molar-refractivity contribution in [2.45, 2.75) is 6.92 Å². The number of halogens is 1. The molecular formula is C13H14FN3. The van der Waals surface area contributed by atoms with Gasteiger partial charge in [0.15, 0.2) is 0 Å². The van der Waals surface area contributed by atoms with Gasteiger partial charge in [-0.15, -0.1) is 0 Å². The van der Waals surface area contributed by atoms with Crippen molar-refractivity contribution in [3.05, 3.63) is 47.9 Å². The van der Waals surface area contributed by atoms with Crippen LogP contribution >= 0.6 is 0 Å². The first-order valence-corrected chi connectivity index (χ1v) is 5.29. The Morgan fingerprint density at radius 1 is 1.29 bits per heavy atom. The number of nitrogen functional groups attached to an aromatic ring is 1. The van der Waals surface area contributed by atoms with Crippen molar-refractivity contribution in [1.82, 2.24) is 4.98 Å². The van der Waals surface area contributed by atoms with Crippen molar-refractivity contribution in [1.29, 1.82) is 0 Å². The maximum atomic E-state index is 13.1. The lowest BCUT2D eigenvalue weighted by molar-refractivity contribution is 0.628. The molecule has 0 aliphatic heterocycles. The summed E-state index contributed by atoms with van der Waals surface area (Å²) in [6, 6.07) is 8.24. The minimum absolute atomic E-state index is 0.262. The van der Waals surface area contributed by atoms with Gasteiger partial charge in [0.05, 0.1) is 11.9 Å². The summed E-state index contributed by atoms with van der Waals surface area (Å²) in [5, 5.41) is 0. The maximum Gasteiger partial charge on any atom is 0.135 e. The Morgan fingerprint density at radius 3 is 2.71 bits per heavy atom. The van der Waals surface area contributed by atoms with E-state index in [1.807, 2.05) is 31.0 Å². The Bertz CT molecular complexity index is 540. The van der Waals surface area contributed by atoms with Gasteiger partial charge >= 0.3 is 0 Å². The molecule has 0 fully saturated rings. The predicted molar refractivity (Wildman–Crippen MR) is 67.8 cm³/mol. The van der Waals surface area contributed by atoms with Crippen molar-refractivity contribution < 1.29 is 4.39 Å². The third-order valence-corrected chi connectivity index (χ3v) is 2.58. The second kappa shape index (κ2) is 4.41. The fraction of sp³-hybridized carbons (Fsp3) is 0.154. The van der Waals surface area contributed by atoms with Crippen molar-refractivity contribution in [2.24, 2.45) is 0 Å². The van der Waals surface area contributed by atoms with E-state index >= 15 is 0 Å². The van der Waals surface area contributed by atoms with E-state index < -0.39 is 0 Å². The molecule has 3 nitrogen and oxygen atoms in total. The average molecular weight is 231 g/mol. The van der Waals surface area contributed by atoms with E-state index in [4.69, 9.17) is 5.73 Å². The standard InChI is InChI=1S/C13H14FN3/c1-9-6-11(15)8-16-13(9)17(2)12-5-3-4-10(14)7-12/h3-8H,15H2,1-2H3. The molecule has 2 N–H and O–H groups in total. The fourth-order valence-corrected chi connectivity index (χ4v) is 1.75. The summed E-state index contributed by atoms with van der Waals surface area (Å²) >= 11 is 0. The van der Waals surface area contributed by atoms with Crippen LogP contribution in [0.5, 0.6) is 0 Å². The number of nitrogens with zero attached hydrogens (tertiary/aromatic N) is 2. The number of anilines is 3. The molecule has 4 heteroatoms. The molecule has 88 valence electrons. The molecule has 0 bridgehead atoms. The predicted octanol–water partition coefficient (Wildman–Crippen LogP) is 2.88. The molecule has 1 heterocycles. The van der Waals surface area contributed by atoms with Crippen LogP contribution in [0.2, 0.25) is 0 Å². The summed E-state index contributed by atoms with van der Waals surface area (Å²) in [5.41, 5.74) is 7.98. The second-order valence-electron chi connectivity index (χ2n) is 3.95. The molecule has 0 aliphatic carbocycles. The van der Waals surface area contributed by atoms with Gasteiger partial charge in [0.2, 0.25) is 0 Å². The summed E-state index contributed by atoms with van der Waals surface area (Å²) in [6.07, 6.45) is 1.60. The zero-order valence-corrected chi connectivity index (χ0v) is 9.81. The first-order chi connectivity index (χ1) is 8.08. The Kier molecular flexibility index (Phi) is 2.95. The minimum Gasteiger partial charge on any atom is -0.397 e. The number of hydrogen-bond donors (Lipinski definition) is 1. The molecule has 2 rings (SSSR count). The molecule has 1 aromatic heterocycles. The van der Waals surface area contributed by atoms with Gasteiger partial charge in [0, 0.05) is 12.7 Å². The van der Waals surface area contributed by atoms with Crippen molar-refractivity contribution in [3.63, 3.8) is 0 Å².